The molecule has 1 fully saturated rings. The highest BCUT2D eigenvalue weighted by Crippen LogP contribution is 2.31. The molecule has 0 aromatic carbocycles. The van der Waals surface area contributed by atoms with Crippen LogP contribution in [0.3, 0.4) is 0 Å². The van der Waals surface area contributed by atoms with E-state index in [0.29, 0.717) is 0 Å². The number of hydrogen-bond donors (Lipinski definition) is 1. The maximum atomic E-state index is 5.56. The number of hydrogen-bond acceptors (Lipinski definition) is 2. The van der Waals surface area contributed by atoms with Gasteiger partial charge in [0.1, 0.15) is 0 Å². The van der Waals surface area contributed by atoms with E-state index in [1.807, 2.05) is 0 Å². The van der Waals surface area contributed by atoms with Gasteiger partial charge in [-0.3, -0.25) is 0 Å². The lowest BCUT2D eigenvalue weighted by atomic mass is 9.93. The van der Waals surface area contributed by atoms with E-state index in [1.54, 1.807) is 0 Å². The summed E-state index contributed by atoms with van der Waals surface area (Å²) in [5, 5.41) is 0. The molecule has 2 nitrogen and oxygen atoms in total. The molecule has 1 saturated carbocycles. The van der Waals surface area contributed by atoms with Gasteiger partial charge in [-0.15, -0.1) is 0 Å². The molecule has 0 heterocycles. The zero-order valence-corrected chi connectivity index (χ0v) is 9.13. The number of nitrogens with two attached hydrogens (primary N) is 1. The molecule has 78 valence electrons. The van der Waals surface area contributed by atoms with Crippen molar-refractivity contribution in [2.45, 2.75) is 44.6 Å². The van der Waals surface area contributed by atoms with Crippen molar-refractivity contribution in [2.24, 2.45) is 11.7 Å². The molecule has 1 rings (SSSR count). The van der Waals surface area contributed by atoms with Gasteiger partial charge in [0.25, 0.3) is 0 Å². The van der Waals surface area contributed by atoms with Crippen LogP contribution in [0.2, 0.25) is 0 Å². The SMILES string of the molecule is CN(C)C(CCCN)C1CCCC1. The zero-order chi connectivity index (χ0) is 9.68. The van der Waals surface area contributed by atoms with Gasteiger partial charge < -0.3 is 10.6 Å². The van der Waals surface area contributed by atoms with Crippen LogP contribution in [-0.4, -0.2) is 31.6 Å². The fraction of sp³-hybridized carbons (Fsp3) is 1.00. The monoisotopic (exact) mass is 184 g/mol. The van der Waals surface area contributed by atoms with Crippen LogP contribution in [0.5, 0.6) is 0 Å². The molecule has 0 amide bonds. The van der Waals surface area contributed by atoms with E-state index in [1.165, 1.54) is 38.5 Å². The highest BCUT2D eigenvalue weighted by atomic mass is 15.1. The smallest absolute Gasteiger partial charge is 0.0118 e. The molecule has 1 atom stereocenters. The van der Waals surface area contributed by atoms with Crippen molar-refractivity contribution in [3.8, 4) is 0 Å². The highest BCUT2D eigenvalue weighted by molar-refractivity contribution is 4.80. The largest absolute Gasteiger partial charge is 0.330 e. The first-order chi connectivity index (χ1) is 6.25. The van der Waals surface area contributed by atoms with Gasteiger partial charge in [-0.25, -0.2) is 0 Å². The minimum Gasteiger partial charge on any atom is -0.330 e. The van der Waals surface area contributed by atoms with E-state index in [-0.39, 0.29) is 0 Å². The van der Waals surface area contributed by atoms with E-state index < -0.39 is 0 Å². The Balaban J connectivity index is 2.36. The first-order valence-corrected chi connectivity index (χ1v) is 5.62. The Labute approximate surface area is 82.5 Å². The molecular formula is C11H24N2. The lowest BCUT2D eigenvalue weighted by Gasteiger charge is -2.29. The van der Waals surface area contributed by atoms with Crippen LogP contribution in [0.4, 0.5) is 0 Å². The van der Waals surface area contributed by atoms with Crippen LogP contribution < -0.4 is 5.73 Å². The van der Waals surface area contributed by atoms with Crippen molar-refractivity contribution < 1.29 is 0 Å². The first kappa shape index (κ1) is 11.0. The lowest BCUT2D eigenvalue weighted by molar-refractivity contribution is 0.197. The summed E-state index contributed by atoms with van der Waals surface area (Å²) in [5.74, 6) is 0.946. The number of nitrogens with zero attached hydrogens (tertiary/aromatic N) is 1. The summed E-state index contributed by atoms with van der Waals surface area (Å²) < 4.78 is 0. The molecule has 1 aliphatic carbocycles. The van der Waals surface area contributed by atoms with E-state index in [0.717, 1.165) is 18.5 Å². The summed E-state index contributed by atoms with van der Waals surface area (Å²) >= 11 is 0. The third-order valence-electron chi connectivity index (χ3n) is 3.31. The predicted octanol–water partition coefficient (Wildman–Crippen LogP) is 1.85. The lowest BCUT2D eigenvalue weighted by Crippen LogP contribution is -2.34. The summed E-state index contributed by atoms with van der Waals surface area (Å²) in [6.07, 6.45) is 8.23. The van der Waals surface area contributed by atoms with E-state index in [2.05, 4.69) is 19.0 Å². The number of rotatable bonds is 5. The van der Waals surface area contributed by atoms with E-state index in [9.17, 15) is 0 Å². The minimum atomic E-state index is 0.783. The summed E-state index contributed by atoms with van der Waals surface area (Å²) in [6.45, 7) is 0.844. The molecule has 0 bridgehead atoms. The van der Waals surface area contributed by atoms with E-state index >= 15 is 0 Å². The van der Waals surface area contributed by atoms with Crippen LogP contribution in [0, 0.1) is 5.92 Å². The quantitative estimate of drug-likeness (QED) is 0.706. The van der Waals surface area contributed by atoms with Gasteiger partial charge in [-0.2, -0.15) is 0 Å². The Morgan fingerprint density at radius 1 is 1.31 bits per heavy atom. The van der Waals surface area contributed by atoms with Crippen LogP contribution in [0.1, 0.15) is 38.5 Å². The molecule has 0 aliphatic heterocycles. The van der Waals surface area contributed by atoms with Crippen LogP contribution in [-0.2, 0) is 0 Å². The zero-order valence-electron chi connectivity index (χ0n) is 9.13. The van der Waals surface area contributed by atoms with Crippen molar-refractivity contribution in [2.75, 3.05) is 20.6 Å². The summed E-state index contributed by atoms with van der Waals surface area (Å²) in [7, 11) is 4.42. The summed E-state index contributed by atoms with van der Waals surface area (Å²) in [4.78, 5) is 2.39. The summed E-state index contributed by atoms with van der Waals surface area (Å²) in [5.41, 5.74) is 5.56. The average Bonchev–Trinajstić information content (AvgIpc) is 2.57. The molecule has 2 N–H and O–H groups in total. The standard InChI is InChI=1S/C11H24N2/c1-13(2)11(8-5-9-12)10-6-3-4-7-10/h10-11H,3-9,12H2,1-2H3. The Morgan fingerprint density at radius 2 is 1.92 bits per heavy atom. The first-order valence-electron chi connectivity index (χ1n) is 5.62. The Bertz CT molecular complexity index is 128. The Kier molecular flexibility index (Phi) is 4.74. The molecule has 2 heteroatoms. The fourth-order valence-corrected chi connectivity index (χ4v) is 2.58. The van der Waals surface area contributed by atoms with Gasteiger partial charge in [-0.1, -0.05) is 12.8 Å². The second-order valence-corrected chi connectivity index (χ2v) is 4.51. The molecule has 13 heavy (non-hydrogen) atoms. The Morgan fingerprint density at radius 3 is 2.38 bits per heavy atom. The van der Waals surface area contributed by atoms with Gasteiger partial charge >= 0.3 is 0 Å². The topological polar surface area (TPSA) is 29.3 Å². The molecule has 0 aromatic rings. The van der Waals surface area contributed by atoms with Crippen LogP contribution in [0.25, 0.3) is 0 Å². The molecule has 0 radical (unpaired) electrons. The van der Waals surface area contributed by atoms with Crippen molar-refractivity contribution in [3.05, 3.63) is 0 Å². The fourth-order valence-electron chi connectivity index (χ4n) is 2.58. The molecule has 1 unspecified atom stereocenters. The van der Waals surface area contributed by atoms with Crippen molar-refractivity contribution in [1.82, 2.24) is 4.90 Å². The van der Waals surface area contributed by atoms with E-state index in [4.69, 9.17) is 5.73 Å². The van der Waals surface area contributed by atoms with Crippen molar-refractivity contribution in [1.29, 1.82) is 0 Å². The Hall–Kier alpha value is -0.0800. The predicted molar refractivity (Wildman–Crippen MR) is 57.7 cm³/mol. The van der Waals surface area contributed by atoms with Gasteiger partial charge in [-0.05, 0) is 52.2 Å². The maximum Gasteiger partial charge on any atom is 0.0118 e. The van der Waals surface area contributed by atoms with Gasteiger partial charge in [0.15, 0.2) is 0 Å². The maximum absolute atomic E-state index is 5.56. The normalized spacial score (nSPS) is 21.2. The van der Waals surface area contributed by atoms with Gasteiger partial charge in [0, 0.05) is 6.04 Å². The molecular weight excluding hydrogens is 160 g/mol. The second-order valence-electron chi connectivity index (χ2n) is 4.51. The minimum absolute atomic E-state index is 0.783. The summed E-state index contributed by atoms with van der Waals surface area (Å²) in [6, 6.07) is 0.783. The van der Waals surface area contributed by atoms with Gasteiger partial charge in [0.2, 0.25) is 0 Å². The molecule has 1 aliphatic rings. The average molecular weight is 184 g/mol. The third kappa shape index (κ3) is 3.28. The van der Waals surface area contributed by atoms with Crippen molar-refractivity contribution >= 4 is 0 Å². The highest BCUT2D eigenvalue weighted by Gasteiger charge is 2.25. The van der Waals surface area contributed by atoms with Crippen molar-refractivity contribution in [3.63, 3.8) is 0 Å². The van der Waals surface area contributed by atoms with Crippen LogP contribution in [0.15, 0.2) is 0 Å². The molecule has 0 aromatic heterocycles. The third-order valence-corrected chi connectivity index (χ3v) is 3.31. The van der Waals surface area contributed by atoms with Gasteiger partial charge in [0.05, 0.1) is 0 Å². The second kappa shape index (κ2) is 5.61. The molecule has 0 spiro atoms. The molecule has 0 saturated heterocycles. The van der Waals surface area contributed by atoms with Crippen LogP contribution >= 0.6 is 0 Å².